The standard InChI is InChI=1S/C42H30N2/c1-43-26-42(36-18-7-8-19-38(36)43)22-10-11-28(25-42)27-20-21-37-35(23-27)41-33-17-9-16-32-30-14-5-6-15-31(30)34(40(32)33)24-39(41)44(37)29-12-3-2-4-13-29/h2-21,23-25H,22,26H2,1H3. The topological polar surface area (TPSA) is 8.17 Å². The van der Waals surface area contributed by atoms with Gasteiger partial charge in [0.25, 0.3) is 0 Å². The number of benzene rings is 6. The first-order valence-corrected chi connectivity index (χ1v) is 15.6. The Morgan fingerprint density at radius 3 is 2.27 bits per heavy atom. The summed E-state index contributed by atoms with van der Waals surface area (Å²) in [5.74, 6) is 0. The average Bonchev–Trinajstić information content (AvgIpc) is 3.68. The van der Waals surface area contributed by atoms with Crippen LogP contribution in [-0.2, 0) is 5.41 Å². The number of aromatic nitrogens is 1. The minimum atomic E-state index is 0.00342. The molecule has 2 aliphatic carbocycles. The quantitative estimate of drug-likeness (QED) is 0.203. The van der Waals surface area contributed by atoms with E-state index in [2.05, 4.69) is 156 Å². The molecule has 1 aliphatic heterocycles. The number of hydrogen-bond donors (Lipinski definition) is 0. The first kappa shape index (κ1) is 24.1. The summed E-state index contributed by atoms with van der Waals surface area (Å²) in [6.45, 7) is 1.01. The number of para-hydroxylation sites is 2. The zero-order chi connectivity index (χ0) is 29.0. The minimum Gasteiger partial charge on any atom is -0.373 e. The summed E-state index contributed by atoms with van der Waals surface area (Å²) in [6, 6.07) is 45.1. The molecular formula is C42H30N2. The predicted octanol–water partition coefficient (Wildman–Crippen LogP) is 10.3. The third-order valence-electron chi connectivity index (χ3n) is 10.3. The molecule has 10 rings (SSSR count). The number of rotatable bonds is 2. The van der Waals surface area contributed by atoms with Crippen LogP contribution in [0.25, 0.3) is 66.1 Å². The van der Waals surface area contributed by atoms with Gasteiger partial charge in [0.05, 0.1) is 11.0 Å². The molecule has 0 N–H and O–H groups in total. The summed E-state index contributed by atoms with van der Waals surface area (Å²) in [7, 11) is 2.22. The highest BCUT2D eigenvalue weighted by molar-refractivity contribution is 6.29. The van der Waals surface area contributed by atoms with E-state index in [0.717, 1.165) is 13.0 Å². The molecule has 0 saturated heterocycles. The van der Waals surface area contributed by atoms with E-state index < -0.39 is 0 Å². The van der Waals surface area contributed by atoms with Crippen LogP contribution >= 0.6 is 0 Å². The van der Waals surface area contributed by atoms with Gasteiger partial charge >= 0.3 is 0 Å². The smallest absolute Gasteiger partial charge is 0.0553 e. The molecular weight excluding hydrogens is 532 g/mol. The molecule has 0 saturated carbocycles. The zero-order valence-corrected chi connectivity index (χ0v) is 24.6. The molecule has 6 aromatic carbocycles. The summed E-state index contributed by atoms with van der Waals surface area (Å²) in [6.07, 6.45) is 8.30. The van der Waals surface area contributed by atoms with Crippen molar-refractivity contribution < 1.29 is 0 Å². The predicted molar refractivity (Wildman–Crippen MR) is 186 cm³/mol. The van der Waals surface area contributed by atoms with Gasteiger partial charge in [-0.25, -0.2) is 0 Å². The largest absolute Gasteiger partial charge is 0.373 e. The molecule has 2 heteroatoms. The molecule has 1 atom stereocenters. The molecule has 1 aromatic heterocycles. The van der Waals surface area contributed by atoms with Crippen molar-refractivity contribution in [2.75, 3.05) is 18.5 Å². The summed E-state index contributed by atoms with van der Waals surface area (Å²) in [5.41, 5.74) is 14.4. The summed E-state index contributed by atoms with van der Waals surface area (Å²) in [4.78, 5) is 2.42. The van der Waals surface area contributed by atoms with Crippen molar-refractivity contribution in [1.29, 1.82) is 0 Å². The lowest BCUT2D eigenvalue weighted by Crippen LogP contribution is -2.30. The highest BCUT2D eigenvalue weighted by Crippen LogP contribution is 2.52. The third-order valence-corrected chi connectivity index (χ3v) is 10.3. The molecule has 0 radical (unpaired) electrons. The average molecular weight is 563 g/mol. The van der Waals surface area contributed by atoms with Crippen LogP contribution < -0.4 is 4.90 Å². The number of likely N-dealkylation sites (N-methyl/N-ethyl adjacent to an activating group) is 1. The van der Waals surface area contributed by atoms with Crippen molar-refractivity contribution >= 4 is 43.8 Å². The number of fused-ring (bicyclic) bond motifs is 9. The van der Waals surface area contributed by atoms with E-state index in [-0.39, 0.29) is 5.41 Å². The van der Waals surface area contributed by atoms with Crippen LogP contribution in [0.4, 0.5) is 5.69 Å². The first-order valence-electron chi connectivity index (χ1n) is 15.6. The van der Waals surface area contributed by atoms with Gasteiger partial charge in [-0.2, -0.15) is 0 Å². The maximum atomic E-state index is 2.55. The lowest BCUT2D eigenvalue weighted by atomic mass is 9.74. The van der Waals surface area contributed by atoms with Gasteiger partial charge in [0.1, 0.15) is 0 Å². The molecule has 2 nitrogen and oxygen atoms in total. The Labute approximate surface area is 256 Å². The molecule has 0 fully saturated rings. The van der Waals surface area contributed by atoms with Gasteiger partial charge in [0.2, 0.25) is 0 Å². The van der Waals surface area contributed by atoms with E-state index in [4.69, 9.17) is 0 Å². The van der Waals surface area contributed by atoms with E-state index in [9.17, 15) is 0 Å². The van der Waals surface area contributed by atoms with Crippen molar-refractivity contribution in [3.8, 4) is 27.9 Å². The van der Waals surface area contributed by atoms with Crippen molar-refractivity contribution in [2.45, 2.75) is 11.8 Å². The number of anilines is 1. The Morgan fingerprint density at radius 1 is 0.614 bits per heavy atom. The van der Waals surface area contributed by atoms with Crippen LogP contribution in [0.3, 0.4) is 0 Å². The number of nitrogens with zero attached hydrogens (tertiary/aromatic N) is 2. The fourth-order valence-electron chi connectivity index (χ4n) is 8.51. The Hall–Kier alpha value is -5.34. The Morgan fingerprint density at radius 2 is 1.39 bits per heavy atom. The second-order valence-corrected chi connectivity index (χ2v) is 12.7. The van der Waals surface area contributed by atoms with E-state index in [0.29, 0.717) is 0 Å². The second-order valence-electron chi connectivity index (χ2n) is 12.7. The Bertz CT molecular complexity index is 2410. The molecule has 3 aliphatic rings. The molecule has 0 bridgehead atoms. The van der Waals surface area contributed by atoms with Gasteiger partial charge in [-0.05, 0) is 92.5 Å². The van der Waals surface area contributed by atoms with Gasteiger partial charge in [-0.3, -0.25) is 0 Å². The summed E-state index contributed by atoms with van der Waals surface area (Å²) in [5, 5.41) is 5.35. The van der Waals surface area contributed by atoms with Gasteiger partial charge in [0, 0.05) is 41.2 Å². The fourth-order valence-corrected chi connectivity index (χ4v) is 8.51. The normalized spacial score (nSPS) is 18.0. The van der Waals surface area contributed by atoms with Crippen molar-refractivity contribution in [1.82, 2.24) is 4.57 Å². The van der Waals surface area contributed by atoms with Gasteiger partial charge < -0.3 is 9.47 Å². The summed E-state index contributed by atoms with van der Waals surface area (Å²) >= 11 is 0. The molecule has 44 heavy (non-hydrogen) atoms. The second kappa shape index (κ2) is 8.61. The van der Waals surface area contributed by atoms with Crippen LogP contribution in [0, 0.1) is 0 Å². The van der Waals surface area contributed by atoms with Crippen LogP contribution in [0.1, 0.15) is 17.5 Å². The molecule has 1 unspecified atom stereocenters. The molecule has 1 spiro atoms. The molecule has 0 amide bonds. The molecule has 2 heterocycles. The van der Waals surface area contributed by atoms with E-state index in [1.54, 1.807) is 0 Å². The fraction of sp³-hybridized carbons (Fsp3) is 0.0952. The lowest BCUT2D eigenvalue weighted by Gasteiger charge is -2.29. The zero-order valence-electron chi connectivity index (χ0n) is 24.6. The number of allylic oxidation sites excluding steroid dienone is 3. The molecule has 7 aromatic rings. The van der Waals surface area contributed by atoms with Gasteiger partial charge in [-0.1, -0.05) is 103 Å². The van der Waals surface area contributed by atoms with Crippen LogP contribution in [0.2, 0.25) is 0 Å². The lowest BCUT2D eigenvalue weighted by molar-refractivity contribution is 0.575. The van der Waals surface area contributed by atoms with E-state index in [1.165, 1.54) is 82.9 Å². The summed E-state index contributed by atoms with van der Waals surface area (Å²) < 4.78 is 2.47. The van der Waals surface area contributed by atoms with Crippen LogP contribution in [-0.4, -0.2) is 18.2 Å². The van der Waals surface area contributed by atoms with Gasteiger partial charge in [0.15, 0.2) is 0 Å². The molecule has 208 valence electrons. The maximum Gasteiger partial charge on any atom is 0.0553 e. The highest BCUT2D eigenvalue weighted by atomic mass is 15.1. The van der Waals surface area contributed by atoms with E-state index >= 15 is 0 Å². The SMILES string of the molecule is CN1CC2(C=C(c3ccc4c(c3)c3c5cccc6c5c(cc3n4-c3ccccc3)-c3ccccc3-6)C=CC2)c2ccccc21. The Kier molecular flexibility index (Phi) is 4.72. The van der Waals surface area contributed by atoms with Crippen molar-refractivity contribution in [2.24, 2.45) is 0 Å². The van der Waals surface area contributed by atoms with E-state index in [1.807, 2.05) is 0 Å². The first-order chi connectivity index (χ1) is 21.7. The van der Waals surface area contributed by atoms with Gasteiger partial charge in [-0.15, -0.1) is 0 Å². The monoisotopic (exact) mass is 562 g/mol. The van der Waals surface area contributed by atoms with Crippen LogP contribution in [0.15, 0.2) is 140 Å². The Balaban J connectivity index is 1.27. The van der Waals surface area contributed by atoms with Crippen LogP contribution in [0.5, 0.6) is 0 Å². The number of hydrogen-bond acceptors (Lipinski definition) is 1. The third kappa shape index (κ3) is 3.10. The van der Waals surface area contributed by atoms with Crippen molar-refractivity contribution in [3.05, 3.63) is 151 Å². The van der Waals surface area contributed by atoms with Crippen molar-refractivity contribution in [3.63, 3.8) is 0 Å². The highest BCUT2D eigenvalue weighted by Gasteiger charge is 2.40. The maximum absolute atomic E-state index is 2.55. The minimum absolute atomic E-state index is 0.00342.